The van der Waals surface area contributed by atoms with Gasteiger partial charge in [-0.2, -0.15) is 0 Å². The third kappa shape index (κ3) is 16.2. The first-order chi connectivity index (χ1) is 15.4. The van der Waals surface area contributed by atoms with Crippen LogP contribution in [0.3, 0.4) is 0 Å². The van der Waals surface area contributed by atoms with Crippen LogP contribution in [0.2, 0.25) is 0 Å². The van der Waals surface area contributed by atoms with Crippen molar-refractivity contribution in [2.75, 3.05) is 85.4 Å². The van der Waals surface area contributed by atoms with Crippen molar-refractivity contribution in [2.24, 2.45) is 5.41 Å². The Labute approximate surface area is 213 Å². The average molecular weight is 515 g/mol. The molecule has 4 heterocycles. The Kier molecular flexibility index (Phi) is 14.7. The van der Waals surface area contributed by atoms with Crippen LogP contribution in [-0.4, -0.2) is 105 Å². The van der Waals surface area contributed by atoms with Crippen LogP contribution in [0.25, 0.3) is 0 Å². The third-order valence-corrected chi connectivity index (χ3v) is 13.1. The highest BCUT2D eigenvalue weighted by molar-refractivity contribution is 8.02. The molecule has 33 heavy (non-hydrogen) atoms. The monoisotopic (exact) mass is 514 g/mol. The predicted molar refractivity (Wildman–Crippen MR) is 158 cm³/mol. The summed E-state index contributed by atoms with van der Waals surface area (Å²) >= 11 is 1.83. The number of thioether (sulfide) groups is 1. The second-order valence-electron chi connectivity index (χ2n) is 11.0. The Morgan fingerprint density at radius 1 is 0.848 bits per heavy atom. The number of allylic oxidation sites excluding steroid dienone is 2. The summed E-state index contributed by atoms with van der Waals surface area (Å²) in [6.45, 7) is 17.5. The molecule has 5 rings (SSSR count). The normalized spacial score (nSPS) is 26.7. The summed E-state index contributed by atoms with van der Waals surface area (Å²) < 4.78 is 0. The summed E-state index contributed by atoms with van der Waals surface area (Å²) in [5.41, 5.74) is 3.77. The summed E-state index contributed by atoms with van der Waals surface area (Å²) in [5.74, 6) is 2.73. The molecule has 2 saturated heterocycles. The molecule has 0 bridgehead atoms. The molecule has 1 aliphatic carbocycles. The van der Waals surface area contributed by atoms with Crippen molar-refractivity contribution < 1.29 is 0 Å². The summed E-state index contributed by atoms with van der Waals surface area (Å²) in [4.78, 5) is 8.78. The average Bonchev–Trinajstić information content (AvgIpc) is 3.23. The molecule has 4 aliphatic heterocycles. The molecule has 0 aromatic carbocycles. The Morgan fingerprint density at radius 2 is 1.36 bits per heavy atom. The highest BCUT2D eigenvalue weighted by Crippen LogP contribution is 2.54. The molecule has 4 nitrogen and oxygen atoms in total. The van der Waals surface area contributed by atoms with Crippen LogP contribution >= 0.6 is 27.6 Å². The van der Waals surface area contributed by atoms with Gasteiger partial charge in [0.05, 0.1) is 12.5 Å². The lowest BCUT2D eigenvalue weighted by Gasteiger charge is -2.15. The zero-order valence-corrected chi connectivity index (χ0v) is 25.9. The second kappa shape index (κ2) is 15.7. The molecule has 2 unspecified atom stereocenters. The van der Waals surface area contributed by atoms with Gasteiger partial charge >= 0.3 is 0 Å². The van der Waals surface area contributed by atoms with Crippen LogP contribution in [0.1, 0.15) is 40.5 Å². The SMILES string of the molecule is CC1=C(C)C1.CN1C=CN(C)C1.CN1C=CSC1.CN1CCC(C)(C)C1.CP1CCP(C)C1. The fourth-order valence-corrected chi connectivity index (χ4v) is 11.5. The van der Waals surface area contributed by atoms with Gasteiger partial charge in [0.1, 0.15) is 0 Å². The second-order valence-corrected chi connectivity index (χ2v) is 17.3. The maximum atomic E-state index is 2.43. The first kappa shape index (κ1) is 30.8. The van der Waals surface area contributed by atoms with E-state index in [1.807, 2.05) is 11.8 Å². The van der Waals surface area contributed by atoms with Gasteiger partial charge in [0.2, 0.25) is 0 Å². The minimum absolute atomic E-state index is 0.524. The van der Waals surface area contributed by atoms with E-state index in [1.54, 1.807) is 29.4 Å². The van der Waals surface area contributed by atoms with Crippen LogP contribution in [0, 0.1) is 5.41 Å². The van der Waals surface area contributed by atoms with Gasteiger partial charge in [-0.15, -0.1) is 27.6 Å². The number of rotatable bonds is 0. The quantitative estimate of drug-likeness (QED) is 0.265. The number of hydrogen-bond donors (Lipinski definition) is 0. The van der Waals surface area contributed by atoms with Gasteiger partial charge in [-0.25, -0.2) is 0 Å². The maximum Gasteiger partial charge on any atom is 0.0887 e. The molecule has 0 aromatic rings. The topological polar surface area (TPSA) is 13.0 Å². The molecule has 0 spiro atoms. The van der Waals surface area contributed by atoms with E-state index in [2.05, 4.69) is 113 Å². The van der Waals surface area contributed by atoms with E-state index in [9.17, 15) is 0 Å². The van der Waals surface area contributed by atoms with Crippen molar-refractivity contribution in [3.8, 4) is 0 Å². The van der Waals surface area contributed by atoms with Gasteiger partial charge in [-0.05, 0) is 82.7 Å². The van der Waals surface area contributed by atoms with Gasteiger partial charge in [0.15, 0.2) is 0 Å². The van der Waals surface area contributed by atoms with Crippen molar-refractivity contribution in [1.82, 2.24) is 19.6 Å². The highest BCUT2D eigenvalue weighted by atomic mass is 32.2. The molecule has 7 heteroatoms. The molecule has 2 atom stereocenters. The lowest BCUT2D eigenvalue weighted by Crippen LogP contribution is -2.18. The Balaban J connectivity index is 0.000000208. The molecule has 192 valence electrons. The first-order valence-electron chi connectivity index (χ1n) is 12.2. The van der Waals surface area contributed by atoms with Gasteiger partial charge in [0.25, 0.3) is 0 Å². The molecule has 0 N–H and O–H groups in total. The smallest absolute Gasteiger partial charge is 0.0887 e. The zero-order valence-electron chi connectivity index (χ0n) is 23.3. The van der Waals surface area contributed by atoms with E-state index in [0.717, 1.165) is 12.5 Å². The largest absolute Gasteiger partial charge is 0.370 e. The Hall–Kier alpha value is -0.210. The lowest BCUT2D eigenvalue weighted by molar-refractivity contribution is 0.336. The molecule has 0 amide bonds. The molecule has 0 radical (unpaired) electrons. The lowest BCUT2D eigenvalue weighted by atomic mass is 9.93. The molecule has 0 aromatic heterocycles. The summed E-state index contributed by atoms with van der Waals surface area (Å²) in [6.07, 6.45) is 12.0. The van der Waals surface area contributed by atoms with E-state index in [-0.39, 0.29) is 0 Å². The van der Waals surface area contributed by atoms with E-state index in [1.165, 1.54) is 25.9 Å². The van der Waals surface area contributed by atoms with Gasteiger partial charge < -0.3 is 19.6 Å². The van der Waals surface area contributed by atoms with Crippen molar-refractivity contribution >= 4 is 27.6 Å². The van der Waals surface area contributed by atoms with Crippen LogP contribution in [0.5, 0.6) is 0 Å². The first-order valence-corrected chi connectivity index (χ1v) is 17.5. The van der Waals surface area contributed by atoms with Gasteiger partial charge in [-0.1, -0.05) is 25.0 Å². The summed E-state index contributed by atoms with van der Waals surface area (Å²) in [5, 5.41) is 2.10. The minimum Gasteiger partial charge on any atom is -0.370 e. The van der Waals surface area contributed by atoms with Crippen molar-refractivity contribution in [3.63, 3.8) is 0 Å². The van der Waals surface area contributed by atoms with Crippen LogP contribution in [0.15, 0.2) is 35.2 Å². The van der Waals surface area contributed by atoms with E-state index < -0.39 is 0 Å². The Morgan fingerprint density at radius 3 is 1.48 bits per heavy atom. The summed E-state index contributed by atoms with van der Waals surface area (Å²) in [6, 6.07) is 0. The maximum absolute atomic E-state index is 2.43. The van der Waals surface area contributed by atoms with Crippen molar-refractivity contribution in [3.05, 3.63) is 35.2 Å². The van der Waals surface area contributed by atoms with Crippen molar-refractivity contribution in [2.45, 2.75) is 40.5 Å². The Bertz CT molecular complexity index is 622. The fraction of sp³-hybridized carbons (Fsp3) is 0.769. The predicted octanol–water partition coefficient (Wildman–Crippen LogP) is 6.64. The zero-order chi connectivity index (χ0) is 25.0. The molecular formula is C26H52N4P2S. The molecule has 5 aliphatic rings. The fourth-order valence-electron chi connectivity index (χ4n) is 3.66. The van der Waals surface area contributed by atoms with E-state index in [0.29, 0.717) is 21.3 Å². The highest BCUT2D eigenvalue weighted by Gasteiger charge is 2.26. The number of likely N-dealkylation sites (tertiary alicyclic amines) is 1. The van der Waals surface area contributed by atoms with Crippen LogP contribution in [0.4, 0.5) is 0 Å². The summed E-state index contributed by atoms with van der Waals surface area (Å²) in [7, 11) is 9.42. The van der Waals surface area contributed by atoms with E-state index in [4.69, 9.17) is 0 Å². The minimum atomic E-state index is 0.524. The van der Waals surface area contributed by atoms with Crippen molar-refractivity contribution in [1.29, 1.82) is 0 Å². The molecular weight excluding hydrogens is 462 g/mol. The standard InChI is InChI=1S/C7H15N.C5H10N2.C5H12P2.C5H8.C4H7NS/c1-7(2)4-5-8(3)6-7;2*1-6-3-4-7(2)5-6;1-4-3-5(4)2;1-5-2-3-6-4-5/h4-6H2,1-3H3;3-4H,5H2,1-2H3;3-5H2,1-2H3;3H2,1-2H3;2-3H,4H2,1H3. The van der Waals surface area contributed by atoms with Gasteiger partial charge in [0, 0.05) is 46.3 Å². The molecule has 0 saturated carbocycles. The van der Waals surface area contributed by atoms with Crippen LogP contribution in [-0.2, 0) is 0 Å². The van der Waals surface area contributed by atoms with E-state index >= 15 is 0 Å². The third-order valence-electron chi connectivity index (χ3n) is 6.06. The van der Waals surface area contributed by atoms with Crippen LogP contribution < -0.4 is 0 Å². The molecule has 2 fully saturated rings. The number of nitrogens with zero attached hydrogens (tertiary/aromatic N) is 4. The number of hydrogen-bond acceptors (Lipinski definition) is 5. The van der Waals surface area contributed by atoms with Gasteiger partial charge in [-0.3, -0.25) is 0 Å².